The summed E-state index contributed by atoms with van der Waals surface area (Å²) in [4.78, 5) is 14.4. The molecule has 1 saturated heterocycles. The molecule has 1 aliphatic rings. The van der Waals surface area contributed by atoms with Crippen LogP contribution in [0, 0.1) is 0 Å². The fourth-order valence-corrected chi connectivity index (χ4v) is 3.39. The summed E-state index contributed by atoms with van der Waals surface area (Å²) in [6.45, 7) is 2.04. The highest BCUT2D eigenvalue weighted by atomic mass is 35.5. The Labute approximate surface area is 159 Å². The van der Waals surface area contributed by atoms with Crippen molar-refractivity contribution in [2.75, 3.05) is 13.1 Å². The quantitative estimate of drug-likeness (QED) is 0.839. The first-order valence-electron chi connectivity index (χ1n) is 9.12. The van der Waals surface area contributed by atoms with Crippen molar-refractivity contribution in [1.29, 1.82) is 0 Å². The Bertz CT molecular complexity index is 725. The Hall–Kier alpha value is -2.04. The lowest BCUT2D eigenvalue weighted by Crippen LogP contribution is -2.41. The number of aryl methyl sites for hydroxylation is 1. The molecule has 0 unspecified atom stereocenters. The van der Waals surface area contributed by atoms with Gasteiger partial charge in [0.15, 0.2) is 0 Å². The zero-order valence-corrected chi connectivity index (χ0v) is 15.6. The largest absolute Gasteiger partial charge is 0.490 e. The number of piperidine rings is 1. The van der Waals surface area contributed by atoms with Gasteiger partial charge in [-0.25, -0.2) is 0 Å². The molecule has 1 amide bonds. The van der Waals surface area contributed by atoms with Gasteiger partial charge in [-0.05, 0) is 35.7 Å². The topological polar surface area (TPSA) is 55.6 Å². The van der Waals surface area contributed by atoms with Crippen molar-refractivity contribution in [3.8, 4) is 5.75 Å². The normalized spacial score (nSPS) is 15.1. The summed E-state index contributed by atoms with van der Waals surface area (Å²) in [6, 6.07) is 15.6. The number of hydrogen-bond acceptors (Lipinski definition) is 3. The summed E-state index contributed by atoms with van der Waals surface area (Å²) >= 11 is 5.99. The van der Waals surface area contributed by atoms with Crippen LogP contribution >= 0.6 is 11.6 Å². The number of benzene rings is 2. The van der Waals surface area contributed by atoms with Crippen molar-refractivity contribution in [1.82, 2.24) is 4.90 Å². The molecule has 0 atom stereocenters. The smallest absolute Gasteiger partial charge is 0.222 e. The van der Waals surface area contributed by atoms with Crippen molar-refractivity contribution < 1.29 is 9.53 Å². The monoisotopic (exact) mass is 372 g/mol. The minimum absolute atomic E-state index is 0.140. The Morgan fingerprint density at radius 3 is 2.46 bits per heavy atom. The average molecular weight is 373 g/mol. The molecule has 26 heavy (non-hydrogen) atoms. The molecule has 4 nitrogen and oxygen atoms in total. The molecule has 2 aromatic carbocycles. The fourth-order valence-electron chi connectivity index (χ4n) is 3.21. The highest BCUT2D eigenvalue weighted by Gasteiger charge is 2.23. The van der Waals surface area contributed by atoms with E-state index in [-0.39, 0.29) is 12.0 Å². The summed E-state index contributed by atoms with van der Waals surface area (Å²) in [5.41, 5.74) is 7.90. The van der Waals surface area contributed by atoms with Crippen LogP contribution in [0.1, 0.15) is 30.4 Å². The van der Waals surface area contributed by atoms with Gasteiger partial charge in [0.05, 0.1) is 0 Å². The number of halogens is 1. The molecule has 2 N–H and O–H groups in total. The van der Waals surface area contributed by atoms with Gasteiger partial charge >= 0.3 is 0 Å². The summed E-state index contributed by atoms with van der Waals surface area (Å²) in [7, 11) is 0. The number of hydrogen-bond donors (Lipinski definition) is 1. The van der Waals surface area contributed by atoms with Crippen LogP contribution in [0.2, 0.25) is 5.02 Å². The third-order valence-electron chi connectivity index (χ3n) is 4.78. The minimum atomic E-state index is 0.140. The van der Waals surface area contributed by atoms with E-state index in [2.05, 4.69) is 12.1 Å². The predicted octanol–water partition coefficient (Wildman–Crippen LogP) is 3.80. The molecular formula is C21H25ClN2O2. The van der Waals surface area contributed by atoms with E-state index in [4.69, 9.17) is 22.1 Å². The van der Waals surface area contributed by atoms with Crippen LogP contribution in [0.4, 0.5) is 0 Å². The second-order valence-electron chi connectivity index (χ2n) is 6.68. The third-order valence-corrected chi connectivity index (χ3v) is 5.01. The van der Waals surface area contributed by atoms with Crippen molar-refractivity contribution in [3.05, 3.63) is 64.7 Å². The van der Waals surface area contributed by atoms with E-state index in [9.17, 15) is 4.79 Å². The highest BCUT2D eigenvalue weighted by molar-refractivity contribution is 6.30. The van der Waals surface area contributed by atoms with Crippen LogP contribution < -0.4 is 10.5 Å². The molecule has 0 radical (unpaired) electrons. The summed E-state index contributed by atoms with van der Waals surface area (Å²) in [6.07, 6.45) is 3.15. The molecular weight excluding hydrogens is 348 g/mol. The number of nitrogens with two attached hydrogens (primary N) is 1. The summed E-state index contributed by atoms with van der Waals surface area (Å²) < 4.78 is 5.98. The third kappa shape index (κ3) is 5.23. The Kier molecular flexibility index (Phi) is 6.53. The van der Waals surface area contributed by atoms with E-state index in [0.29, 0.717) is 18.0 Å². The van der Waals surface area contributed by atoms with E-state index in [1.807, 2.05) is 41.3 Å². The van der Waals surface area contributed by atoms with E-state index >= 15 is 0 Å². The molecule has 2 aromatic rings. The first kappa shape index (κ1) is 18.7. The molecule has 1 heterocycles. The lowest BCUT2D eigenvalue weighted by molar-refractivity contribution is -0.132. The molecule has 0 saturated carbocycles. The van der Waals surface area contributed by atoms with Crippen LogP contribution in [0.3, 0.4) is 0 Å². The van der Waals surface area contributed by atoms with Crippen molar-refractivity contribution in [2.24, 2.45) is 5.73 Å². The summed E-state index contributed by atoms with van der Waals surface area (Å²) in [5.74, 6) is 1.01. The Balaban J connectivity index is 1.42. The van der Waals surface area contributed by atoms with Gasteiger partial charge < -0.3 is 15.4 Å². The van der Waals surface area contributed by atoms with Crippen LogP contribution in [0.15, 0.2) is 48.5 Å². The predicted molar refractivity (Wildman–Crippen MR) is 104 cm³/mol. The van der Waals surface area contributed by atoms with Gasteiger partial charge in [-0.2, -0.15) is 0 Å². The number of nitrogens with zero attached hydrogens (tertiary/aromatic N) is 1. The Morgan fingerprint density at radius 1 is 1.12 bits per heavy atom. The average Bonchev–Trinajstić information content (AvgIpc) is 2.67. The van der Waals surface area contributed by atoms with Gasteiger partial charge in [0.2, 0.25) is 5.91 Å². The van der Waals surface area contributed by atoms with Crippen LogP contribution in [0.5, 0.6) is 5.75 Å². The number of carbonyl (C=O) groups excluding carboxylic acids is 1. The van der Waals surface area contributed by atoms with E-state index in [1.165, 1.54) is 5.56 Å². The molecule has 3 rings (SSSR count). The number of rotatable bonds is 6. The van der Waals surface area contributed by atoms with Crippen molar-refractivity contribution in [3.63, 3.8) is 0 Å². The molecule has 1 aliphatic heterocycles. The number of ether oxygens (including phenoxy) is 1. The molecule has 0 spiro atoms. The number of likely N-dealkylation sites (tertiary alicyclic amines) is 1. The fraction of sp³-hybridized carbons (Fsp3) is 0.381. The van der Waals surface area contributed by atoms with E-state index in [1.54, 1.807) is 0 Å². The van der Waals surface area contributed by atoms with Crippen molar-refractivity contribution in [2.45, 2.75) is 38.3 Å². The number of carbonyl (C=O) groups is 1. The van der Waals surface area contributed by atoms with Gasteiger partial charge in [-0.3, -0.25) is 4.79 Å². The number of amides is 1. The molecule has 0 aromatic heterocycles. The molecule has 138 valence electrons. The minimum Gasteiger partial charge on any atom is -0.490 e. The van der Waals surface area contributed by atoms with E-state index < -0.39 is 0 Å². The van der Waals surface area contributed by atoms with Crippen molar-refractivity contribution >= 4 is 17.5 Å². The first-order chi connectivity index (χ1) is 12.6. The molecule has 0 aliphatic carbocycles. The summed E-state index contributed by atoms with van der Waals surface area (Å²) in [5, 5.41) is 0.676. The maximum Gasteiger partial charge on any atom is 0.222 e. The second-order valence-corrected chi connectivity index (χ2v) is 7.11. The van der Waals surface area contributed by atoms with Gasteiger partial charge in [-0.1, -0.05) is 41.9 Å². The van der Waals surface area contributed by atoms with Crippen LogP contribution in [-0.2, 0) is 17.8 Å². The molecule has 0 bridgehead atoms. The second kappa shape index (κ2) is 9.06. The molecule has 5 heteroatoms. The zero-order valence-electron chi connectivity index (χ0n) is 14.9. The van der Waals surface area contributed by atoms with E-state index in [0.717, 1.165) is 43.7 Å². The SMILES string of the molecule is NCc1ccc(CCC(=O)N2CCC(Oc3cccc(Cl)c3)CC2)cc1. The van der Waals surface area contributed by atoms with Gasteiger partial charge in [0.25, 0.3) is 0 Å². The standard InChI is InChI=1S/C21H25ClN2O2/c22-18-2-1-3-20(14-18)26-19-10-12-24(13-11-19)21(25)9-8-16-4-6-17(15-23)7-5-16/h1-7,14,19H,8-13,15,23H2. The molecule has 1 fully saturated rings. The van der Waals surface area contributed by atoms with Crippen LogP contribution in [-0.4, -0.2) is 30.0 Å². The maximum absolute atomic E-state index is 12.5. The first-order valence-corrected chi connectivity index (χ1v) is 9.50. The highest BCUT2D eigenvalue weighted by Crippen LogP contribution is 2.22. The van der Waals surface area contributed by atoms with Gasteiger partial charge in [0, 0.05) is 43.9 Å². The Morgan fingerprint density at radius 2 is 1.81 bits per heavy atom. The lowest BCUT2D eigenvalue weighted by Gasteiger charge is -2.32. The van der Waals surface area contributed by atoms with Gasteiger partial charge in [-0.15, -0.1) is 0 Å². The maximum atomic E-state index is 12.5. The van der Waals surface area contributed by atoms with Crippen LogP contribution in [0.25, 0.3) is 0 Å². The lowest BCUT2D eigenvalue weighted by atomic mass is 10.0. The zero-order chi connectivity index (χ0) is 18.4. The van der Waals surface area contributed by atoms with Gasteiger partial charge in [0.1, 0.15) is 11.9 Å².